The Balaban J connectivity index is 1.70. The van der Waals surface area contributed by atoms with Crippen molar-refractivity contribution in [2.75, 3.05) is 13.7 Å². The number of rotatable bonds is 6. The Labute approximate surface area is 154 Å². The van der Waals surface area contributed by atoms with Gasteiger partial charge in [-0.15, -0.1) is 0 Å². The monoisotopic (exact) mass is 371 g/mol. The van der Waals surface area contributed by atoms with Gasteiger partial charge >= 0.3 is 5.69 Å². The number of imidazole rings is 1. The predicted molar refractivity (Wildman–Crippen MR) is 99.9 cm³/mol. The third-order valence-electron chi connectivity index (χ3n) is 4.40. The van der Waals surface area contributed by atoms with Crippen molar-refractivity contribution in [3.8, 4) is 5.75 Å². The van der Waals surface area contributed by atoms with Crippen LogP contribution in [0.2, 0.25) is 0 Å². The number of nitrogens with one attached hydrogen (secondary N) is 1. The van der Waals surface area contributed by atoms with Gasteiger partial charge in [-0.3, -0.25) is 14.2 Å². The molecule has 0 bridgehead atoms. The average molecular weight is 371 g/mol. The van der Waals surface area contributed by atoms with Crippen molar-refractivity contribution in [1.82, 2.24) is 24.0 Å². The Bertz CT molecular complexity index is 1090. The second-order valence-corrected chi connectivity index (χ2v) is 6.21. The molecular weight excluding hydrogens is 350 g/mol. The summed E-state index contributed by atoms with van der Waals surface area (Å²) in [6, 6.07) is 7.54. The van der Waals surface area contributed by atoms with Gasteiger partial charge < -0.3 is 14.6 Å². The van der Waals surface area contributed by atoms with Gasteiger partial charge in [0.2, 0.25) is 5.91 Å². The van der Waals surface area contributed by atoms with Crippen LogP contribution in [0, 0.1) is 0 Å². The first-order valence-corrected chi connectivity index (χ1v) is 8.43. The minimum absolute atomic E-state index is 0.281. The Kier molecular flexibility index (Phi) is 5.11. The highest BCUT2D eigenvalue weighted by Crippen LogP contribution is 2.11. The quantitative estimate of drug-likeness (QED) is 0.647. The zero-order valence-electron chi connectivity index (χ0n) is 15.4. The highest BCUT2D eigenvalue weighted by Gasteiger charge is 2.16. The lowest BCUT2D eigenvalue weighted by Crippen LogP contribution is -2.43. The van der Waals surface area contributed by atoms with Crippen LogP contribution in [0.3, 0.4) is 0 Å². The molecule has 27 heavy (non-hydrogen) atoms. The first-order valence-electron chi connectivity index (χ1n) is 8.43. The van der Waals surface area contributed by atoms with Crippen LogP contribution >= 0.6 is 0 Å². The van der Waals surface area contributed by atoms with E-state index in [-0.39, 0.29) is 12.1 Å². The first kappa shape index (κ1) is 18.4. The van der Waals surface area contributed by atoms with E-state index in [0.717, 1.165) is 15.9 Å². The highest BCUT2D eigenvalue weighted by molar-refractivity contribution is 5.76. The van der Waals surface area contributed by atoms with Crippen LogP contribution in [0.1, 0.15) is 5.56 Å². The van der Waals surface area contributed by atoms with Crippen LogP contribution in [0.15, 0.2) is 40.2 Å². The molecule has 0 aliphatic heterocycles. The number of hydrogen-bond acceptors (Lipinski definition) is 5. The third-order valence-corrected chi connectivity index (χ3v) is 4.40. The fourth-order valence-electron chi connectivity index (χ4n) is 2.87. The van der Waals surface area contributed by atoms with E-state index in [0.29, 0.717) is 18.6 Å². The summed E-state index contributed by atoms with van der Waals surface area (Å²) < 4.78 is 8.83. The molecule has 142 valence electrons. The van der Waals surface area contributed by atoms with Gasteiger partial charge in [-0.1, -0.05) is 12.1 Å². The van der Waals surface area contributed by atoms with E-state index in [2.05, 4.69) is 10.3 Å². The van der Waals surface area contributed by atoms with Gasteiger partial charge in [-0.05, 0) is 24.1 Å². The molecule has 0 aliphatic rings. The molecule has 9 heteroatoms. The highest BCUT2D eigenvalue weighted by atomic mass is 16.5. The topological polar surface area (TPSA) is 100 Å². The molecule has 0 saturated heterocycles. The zero-order valence-corrected chi connectivity index (χ0v) is 15.4. The summed E-state index contributed by atoms with van der Waals surface area (Å²) in [7, 11) is 4.79. The van der Waals surface area contributed by atoms with E-state index >= 15 is 0 Å². The van der Waals surface area contributed by atoms with Gasteiger partial charge in [-0.2, -0.15) is 0 Å². The fraction of sp³-hybridized carbons (Fsp3) is 0.333. The Hall–Kier alpha value is -3.36. The molecular formula is C18H21N5O4. The summed E-state index contributed by atoms with van der Waals surface area (Å²) in [5.41, 5.74) is 0.516. The van der Waals surface area contributed by atoms with E-state index in [1.165, 1.54) is 22.5 Å². The molecule has 0 saturated carbocycles. The van der Waals surface area contributed by atoms with Gasteiger partial charge in [0.15, 0.2) is 11.2 Å². The SMILES string of the molecule is COc1ccc(CCNC(=O)Cn2c(=O)c3c(ncn3C)n(C)c2=O)cc1. The third kappa shape index (κ3) is 3.62. The molecule has 2 aromatic heterocycles. The number of methoxy groups -OCH3 is 1. The number of ether oxygens (including phenoxy) is 1. The van der Waals surface area contributed by atoms with Crippen molar-refractivity contribution < 1.29 is 9.53 Å². The van der Waals surface area contributed by atoms with E-state index in [1.54, 1.807) is 14.2 Å². The number of aryl methyl sites for hydroxylation is 2. The average Bonchev–Trinajstić information content (AvgIpc) is 3.06. The van der Waals surface area contributed by atoms with Gasteiger partial charge in [0.25, 0.3) is 5.56 Å². The lowest BCUT2D eigenvalue weighted by Gasteiger charge is -2.09. The normalized spacial score (nSPS) is 10.9. The Morgan fingerprint density at radius 2 is 1.89 bits per heavy atom. The molecule has 0 fully saturated rings. The molecule has 0 radical (unpaired) electrons. The van der Waals surface area contributed by atoms with Crippen LogP contribution in [0.25, 0.3) is 11.2 Å². The van der Waals surface area contributed by atoms with E-state index in [1.807, 2.05) is 24.3 Å². The van der Waals surface area contributed by atoms with Crippen molar-refractivity contribution in [2.45, 2.75) is 13.0 Å². The number of fused-ring (bicyclic) bond motifs is 1. The van der Waals surface area contributed by atoms with Gasteiger partial charge in [0, 0.05) is 20.6 Å². The lowest BCUT2D eigenvalue weighted by atomic mass is 10.1. The molecule has 1 N–H and O–H groups in total. The van der Waals surface area contributed by atoms with Crippen molar-refractivity contribution >= 4 is 17.1 Å². The minimum atomic E-state index is -0.573. The zero-order chi connectivity index (χ0) is 19.6. The fourth-order valence-corrected chi connectivity index (χ4v) is 2.87. The molecule has 9 nitrogen and oxygen atoms in total. The molecule has 0 atom stereocenters. The van der Waals surface area contributed by atoms with Crippen LogP contribution < -0.4 is 21.3 Å². The molecule has 0 aliphatic carbocycles. The second-order valence-electron chi connectivity index (χ2n) is 6.21. The molecule has 3 rings (SSSR count). The maximum absolute atomic E-state index is 12.6. The summed E-state index contributed by atoms with van der Waals surface area (Å²) in [4.78, 5) is 41.2. The summed E-state index contributed by atoms with van der Waals surface area (Å²) >= 11 is 0. The summed E-state index contributed by atoms with van der Waals surface area (Å²) in [5, 5.41) is 2.74. The number of amides is 1. The molecule has 3 aromatic rings. The maximum atomic E-state index is 12.6. The number of carbonyl (C=O) groups is 1. The predicted octanol–water partition coefficient (Wildman–Crippen LogP) is -0.199. The second kappa shape index (κ2) is 7.48. The standard InChI is InChI=1S/C18H21N5O4/c1-21-11-20-16-15(21)17(25)23(18(26)22(16)2)10-14(24)19-9-8-12-4-6-13(27-3)7-5-12/h4-7,11H,8-10H2,1-3H3,(H,19,24). The first-order chi connectivity index (χ1) is 12.9. The van der Waals surface area contributed by atoms with Crippen LogP contribution in [-0.2, 0) is 31.9 Å². The Morgan fingerprint density at radius 1 is 1.19 bits per heavy atom. The van der Waals surface area contributed by atoms with E-state index < -0.39 is 17.2 Å². The number of nitrogens with zero attached hydrogens (tertiary/aromatic N) is 4. The van der Waals surface area contributed by atoms with Gasteiger partial charge in [0.1, 0.15) is 12.3 Å². The summed E-state index contributed by atoms with van der Waals surface area (Å²) in [5.74, 6) is 0.368. The molecule has 1 aromatic carbocycles. The minimum Gasteiger partial charge on any atom is -0.497 e. The number of aromatic nitrogens is 4. The maximum Gasteiger partial charge on any atom is 0.332 e. The molecule has 1 amide bonds. The smallest absolute Gasteiger partial charge is 0.332 e. The lowest BCUT2D eigenvalue weighted by molar-refractivity contribution is -0.121. The number of benzene rings is 1. The van der Waals surface area contributed by atoms with Crippen LogP contribution in [0.4, 0.5) is 0 Å². The summed E-state index contributed by atoms with van der Waals surface area (Å²) in [6.45, 7) is 0.0590. The molecule has 2 heterocycles. The van der Waals surface area contributed by atoms with Crippen LogP contribution in [-0.4, -0.2) is 38.2 Å². The largest absolute Gasteiger partial charge is 0.497 e. The van der Waals surface area contributed by atoms with Crippen molar-refractivity contribution in [1.29, 1.82) is 0 Å². The van der Waals surface area contributed by atoms with Crippen molar-refractivity contribution in [3.05, 3.63) is 57.0 Å². The summed E-state index contributed by atoms with van der Waals surface area (Å²) in [6.07, 6.45) is 2.09. The number of carbonyl (C=O) groups excluding carboxylic acids is 1. The van der Waals surface area contributed by atoms with Gasteiger partial charge in [-0.25, -0.2) is 14.3 Å². The molecule has 0 spiro atoms. The van der Waals surface area contributed by atoms with Crippen molar-refractivity contribution in [3.63, 3.8) is 0 Å². The van der Waals surface area contributed by atoms with Crippen LogP contribution in [0.5, 0.6) is 5.75 Å². The Morgan fingerprint density at radius 3 is 2.56 bits per heavy atom. The number of hydrogen-bond donors (Lipinski definition) is 1. The van der Waals surface area contributed by atoms with E-state index in [9.17, 15) is 14.4 Å². The van der Waals surface area contributed by atoms with Gasteiger partial charge in [0.05, 0.1) is 13.4 Å². The van der Waals surface area contributed by atoms with Crippen molar-refractivity contribution in [2.24, 2.45) is 14.1 Å². The van der Waals surface area contributed by atoms with E-state index in [4.69, 9.17) is 4.74 Å². The molecule has 0 unspecified atom stereocenters.